The second-order valence-electron chi connectivity index (χ2n) is 14.7. The van der Waals surface area contributed by atoms with Crippen molar-refractivity contribution in [3.63, 3.8) is 0 Å². The highest BCUT2D eigenvalue weighted by Crippen LogP contribution is 2.66. The van der Waals surface area contributed by atoms with Gasteiger partial charge in [0, 0.05) is 28.7 Å². The van der Waals surface area contributed by atoms with Crippen LogP contribution in [0.3, 0.4) is 0 Å². The summed E-state index contributed by atoms with van der Waals surface area (Å²) in [5.74, 6) is 7.17. The number of hydrogen-bond acceptors (Lipinski definition) is 3. The molecule has 2 aliphatic carbocycles. The molecule has 0 aromatic rings. The summed E-state index contributed by atoms with van der Waals surface area (Å²) in [6, 6.07) is 0. The molecule has 234 valence electrons. The molecule has 1 heterocycles. The Labute approximate surface area is 262 Å². The Kier molecular flexibility index (Phi) is 11.3. The molecule has 3 rings (SSSR count). The highest BCUT2D eigenvalue weighted by molar-refractivity contribution is 5.41. The molecular formula is C40H56O3. The zero-order valence-corrected chi connectivity index (χ0v) is 28.4. The van der Waals surface area contributed by atoms with Crippen molar-refractivity contribution in [2.75, 3.05) is 0 Å². The van der Waals surface area contributed by atoms with Crippen LogP contribution in [-0.4, -0.2) is 33.6 Å². The van der Waals surface area contributed by atoms with E-state index in [1.807, 2.05) is 0 Å². The van der Waals surface area contributed by atoms with Gasteiger partial charge in [0.05, 0.1) is 12.2 Å². The Hall–Kier alpha value is -2.64. The third kappa shape index (κ3) is 8.95. The molecule has 43 heavy (non-hydrogen) atoms. The summed E-state index contributed by atoms with van der Waals surface area (Å²) in [6.07, 6.45) is 26.8. The summed E-state index contributed by atoms with van der Waals surface area (Å²) in [6.45, 7) is 21.5. The lowest BCUT2D eigenvalue weighted by Gasteiger charge is -2.39. The lowest BCUT2D eigenvalue weighted by Crippen LogP contribution is -2.46. The third-order valence-corrected chi connectivity index (χ3v) is 9.34. The summed E-state index contributed by atoms with van der Waals surface area (Å²) in [7, 11) is 0. The minimum absolute atomic E-state index is 0.0570. The van der Waals surface area contributed by atoms with Crippen LogP contribution in [0.1, 0.15) is 101 Å². The molecule has 0 radical (unpaired) electrons. The Morgan fingerprint density at radius 2 is 1.47 bits per heavy atom. The average Bonchev–Trinajstić information content (AvgIpc) is 3.49. The van der Waals surface area contributed by atoms with Crippen LogP contribution < -0.4 is 0 Å². The van der Waals surface area contributed by atoms with E-state index in [9.17, 15) is 10.2 Å². The van der Waals surface area contributed by atoms with Gasteiger partial charge in [0.1, 0.15) is 11.2 Å². The molecule has 1 aliphatic heterocycles. The van der Waals surface area contributed by atoms with E-state index in [-0.39, 0.29) is 40.2 Å². The van der Waals surface area contributed by atoms with E-state index in [1.54, 1.807) is 0 Å². The van der Waals surface area contributed by atoms with Gasteiger partial charge in [-0.25, -0.2) is 0 Å². The second-order valence-corrected chi connectivity index (χ2v) is 14.7. The van der Waals surface area contributed by atoms with Crippen molar-refractivity contribution in [2.45, 2.75) is 125 Å². The maximum absolute atomic E-state index is 10.2. The number of aliphatic hydroxyl groups excluding tert-OH is 2. The van der Waals surface area contributed by atoms with E-state index in [1.165, 1.54) is 27.9 Å². The van der Waals surface area contributed by atoms with Crippen LogP contribution in [0.4, 0.5) is 0 Å². The molecule has 0 spiro atoms. The Morgan fingerprint density at radius 3 is 2.09 bits per heavy atom. The quantitative estimate of drug-likeness (QED) is 0.161. The molecule has 2 N–H and O–H groups in total. The molecule has 3 nitrogen and oxygen atoms in total. The molecule has 3 aliphatic rings. The number of allylic oxidation sites excluding steroid dienone is 14. The van der Waals surface area contributed by atoms with Gasteiger partial charge in [-0.1, -0.05) is 130 Å². The fourth-order valence-corrected chi connectivity index (χ4v) is 7.04. The number of rotatable bonds is 9. The van der Waals surface area contributed by atoms with E-state index in [4.69, 9.17) is 4.74 Å². The molecular weight excluding hydrogens is 528 g/mol. The molecule has 0 bridgehead atoms. The van der Waals surface area contributed by atoms with Crippen molar-refractivity contribution in [1.29, 1.82) is 0 Å². The first-order valence-corrected chi connectivity index (χ1v) is 16.0. The van der Waals surface area contributed by atoms with Crippen molar-refractivity contribution in [3.8, 4) is 11.8 Å². The standard InChI is InChI=1S/C40H56O3/c1-29(17-13-19-31(3)21-22-36-33(5)25-34(41)26-37(36,6)7)15-11-12-16-30(2)18-14-20-32(4)23-24-40-38(8,9)27-35(42)28-39(40,10)43-40/h11-18,20,23-24,31,34-35,41-42H,19,25-28H2,1-10H3/b12-11+,17-13+,18-14+,24-23+,29-15+,30-16+,32-20+/t31?,34-,35+,39-,40+/m1/s1. The minimum Gasteiger partial charge on any atom is -0.393 e. The SMILES string of the molecule is CC1=C(C#CC(C)C/C=C/C(C)=C/C=C/C=C(C)/C=C/C=C(C)/C=C/[C@@]23O[C@]2(C)C[C@@H](O)CC3(C)C)C(C)(C)C[C@H](O)C1. The second kappa shape index (κ2) is 14.0. The van der Waals surface area contributed by atoms with Crippen LogP contribution in [-0.2, 0) is 4.74 Å². The molecule has 1 saturated heterocycles. The Morgan fingerprint density at radius 1 is 0.860 bits per heavy atom. The van der Waals surface area contributed by atoms with E-state index in [0.29, 0.717) is 6.42 Å². The van der Waals surface area contributed by atoms with Gasteiger partial charge in [0.15, 0.2) is 0 Å². The van der Waals surface area contributed by atoms with Gasteiger partial charge in [-0.15, -0.1) is 0 Å². The van der Waals surface area contributed by atoms with Gasteiger partial charge in [0.2, 0.25) is 0 Å². The van der Waals surface area contributed by atoms with Gasteiger partial charge >= 0.3 is 0 Å². The number of aliphatic hydroxyl groups is 2. The van der Waals surface area contributed by atoms with E-state index < -0.39 is 0 Å². The van der Waals surface area contributed by atoms with Gasteiger partial charge < -0.3 is 14.9 Å². The van der Waals surface area contributed by atoms with E-state index >= 15 is 0 Å². The number of hydrogen-bond donors (Lipinski definition) is 2. The van der Waals surface area contributed by atoms with Crippen molar-refractivity contribution >= 4 is 0 Å². The molecule has 3 heteroatoms. The van der Waals surface area contributed by atoms with Crippen LogP contribution in [0.25, 0.3) is 0 Å². The number of ether oxygens (including phenoxy) is 1. The Balaban J connectivity index is 1.47. The van der Waals surface area contributed by atoms with Crippen molar-refractivity contribution in [3.05, 3.63) is 94.7 Å². The van der Waals surface area contributed by atoms with Crippen LogP contribution in [0.5, 0.6) is 0 Å². The minimum atomic E-state index is -0.291. The summed E-state index contributed by atoms with van der Waals surface area (Å²) < 4.78 is 6.25. The molecule has 1 saturated carbocycles. The third-order valence-electron chi connectivity index (χ3n) is 9.34. The largest absolute Gasteiger partial charge is 0.393 e. The number of fused-ring (bicyclic) bond motifs is 1. The summed E-state index contributed by atoms with van der Waals surface area (Å²) >= 11 is 0. The topological polar surface area (TPSA) is 53.0 Å². The zero-order valence-electron chi connectivity index (χ0n) is 28.4. The molecule has 0 amide bonds. The van der Waals surface area contributed by atoms with E-state index in [2.05, 4.69) is 148 Å². The van der Waals surface area contributed by atoms with Gasteiger partial charge in [0.25, 0.3) is 0 Å². The first kappa shape index (κ1) is 34.8. The summed E-state index contributed by atoms with van der Waals surface area (Å²) in [5, 5.41) is 20.3. The molecule has 2 fully saturated rings. The fraction of sp³-hybridized carbons (Fsp3) is 0.550. The maximum atomic E-state index is 10.2. The van der Waals surface area contributed by atoms with Gasteiger partial charge in [-0.05, 0) is 66.4 Å². The fourth-order valence-electron chi connectivity index (χ4n) is 7.04. The van der Waals surface area contributed by atoms with Gasteiger partial charge in [-0.2, -0.15) is 0 Å². The molecule has 5 atom stereocenters. The smallest absolute Gasteiger partial charge is 0.121 e. The van der Waals surface area contributed by atoms with E-state index in [0.717, 1.165) is 25.7 Å². The van der Waals surface area contributed by atoms with Crippen LogP contribution >= 0.6 is 0 Å². The predicted octanol–water partition coefficient (Wildman–Crippen LogP) is 9.29. The first-order valence-electron chi connectivity index (χ1n) is 16.0. The van der Waals surface area contributed by atoms with Crippen molar-refractivity contribution < 1.29 is 14.9 Å². The maximum Gasteiger partial charge on any atom is 0.121 e. The highest BCUT2D eigenvalue weighted by Gasteiger charge is 2.74. The highest BCUT2D eigenvalue weighted by atomic mass is 16.6. The lowest BCUT2D eigenvalue weighted by molar-refractivity contribution is 0.0515. The predicted molar refractivity (Wildman–Crippen MR) is 182 cm³/mol. The van der Waals surface area contributed by atoms with Crippen molar-refractivity contribution in [1.82, 2.24) is 0 Å². The van der Waals surface area contributed by atoms with Crippen molar-refractivity contribution in [2.24, 2.45) is 16.7 Å². The molecule has 1 unspecified atom stereocenters. The summed E-state index contributed by atoms with van der Waals surface area (Å²) in [5.41, 5.74) is 5.28. The molecule has 0 aromatic heterocycles. The van der Waals surface area contributed by atoms with Gasteiger partial charge in [-0.3, -0.25) is 0 Å². The lowest BCUT2D eigenvalue weighted by atomic mass is 9.63. The van der Waals surface area contributed by atoms with Crippen LogP contribution in [0.2, 0.25) is 0 Å². The normalized spacial score (nSPS) is 32.0. The molecule has 0 aromatic carbocycles. The zero-order chi connectivity index (χ0) is 32.1. The summed E-state index contributed by atoms with van der Waals surface area (Å²) in [4.78, 5) is 0. The Bertz CT molecular complexity index is 1330. The first-order chi connectivity index (χ1) is 20.0. The number of epoxide rings is 1. The average molecular weight is 585 g/mol. The monoisotopic (exact) mass is 584 g/mol. The van der Waals surface area contributed by atoms with Crippen LogP contribution in [0.15, 0.2) is 94.7 Å². The van der Waals surface area contributed by atoms with Crippen LogP contribution in [0, 0.1) is 28.6 Å².